The Bertz CT molecular complexity index is 1240. The van der Waals surface area contributed by atoms with E-state index < -0.39 is 5.67 Å². The first-order valence-electron chi connectivity index (χ1n) is 10.1. The molecule has 7 nitrogen and oxygen atoms in total. The van der Waals surface area contributed by atoms with Crippen molar-refractivity contribution in [3.63, 3.8) is 0 Å². The summed E-state index contributed by atoms with van der Waals surface area (Å²) in [5.74, 6) is 0.368. The van der Waals surface area contributed by atoms with Gasteiger partial charge in [-0.15, -0.1) is 0 Å². The lowest BCUT2D eigenvalue weighted by Crippen LogP contribution is -2.26. The molecule has 1 aliphatic heterocycles. The predicted octanol–water partition coefficient (Wildman–Crippen LogP) is 4.21. The molecule has 1 saturated heterocycles. The molecule has 0 radical (unpaired) electrons. The second kappa shape index (κ2) is 7.46. The number of anilines is 2. The molecule has 1 atom stereocenters. The molecule has 0 bridgehead atoms. The van der Waals surface area contributed by atoms with E-state index in [1.165, 1.54) is 0 Å². The molecule has 0 saturated carbocycles. The maximum atomic E-state index is 14.1. The number of aromatic amines is 1. The highest BCUT2D eigenvalue weighted by Gasteiger charge is 2.34. The van der Waals surface area contributed by atoms with Crippen LogP contribution in [-0.2, 0) is 0 Å². The minimum Gasteiger partial charge on any atom is -0.353 e. The Morgan fingerprint density at radius 3 is 2.81 bits per heavy atom. The second-order valence-electron chi connectivity index (χ2n) is 8.02. The molecule has 4 heterocycles. The number of rotatable bonds is 4. The molecular weight excluding hydrogens is 395 g/mol. The van der Waals surface area contributed by atoms with Gasteiger partial charge in [0.25, 0.3) is 5.91 Å². The summed E-state index contributed by atoms with van der Waals surface area (Å²) >= 11 is 0. The first-order chi connectivity index (χ1) is 15.0. The van der Waals surface area contributed by atoms with Crippen LogP contribution in [0.25, 0.3) is 22.0 Å². The first-order valence-corrected chi connectivity index (χ1v) is 10.1. The van der Waals surface area contributed by atoms with E-state index in [0.717, 1.165) is 22.0 Å². The average molecular weight is 416 g/mol. The number of pyridine rings is 2. The third-order valence-electron chi connectivity index (χ3n) is 5.53. The van der Waals surface area contributed by atoms with Gasteiger partial charge in [0.2, 0.25) is 0 Å². The van der Waals surface area contributed by atoms with E-state index in [2.05, 4.69) is 25.5 Å². The van der Waals surface area contributed by atoms with Gasteiger partial charge in [-0.1, -0.05) is 12.1 Å². The van der Waals surface area contributed by atoms with Crippen molar-refractivity contribution in [3.8, 4) is 11.1 Å². The molecule has 1 amide bonds. The molecular formula is C23H21FN6O. The summed E-state index contributed by atoms with van der Waals surface area (Å²) in [6.45, 7) is 2.56. The summed E-state index contributed by atoms with van der Waals surface area (Å²) in [5.41, 5.74) is 2.35. The number of nitrogens with zero attached hydrogens (tertiary/aromatic N) is 4. The molecule has 0 aliphatic carbocycles. The number of alkyl halides is 1. The predicted molar refractivity (Wildman–Crippen MR) is 118 cm³/mol. The number of amides is 1. The third kappa shape index (κ3) is 3.84. The minimum atomic E-state index is -1.19. The summed E-state index contributed by atoms with van der Waals surface area (Å²) in [4.78, 5) is 23.3. The largest absolute Gasteiger partial charge is 0.353 e. The number of nitrogens with one attached hydrogen (secondary N) is 2. The van der Waals surface area contributed by atoms with Gasteiger partial charge in [-0.2, -0.15) is 5.10 Å². The van der Waals surface area contributed by atoms with Crippen molar-refractivity contribution in [2.24, 2.45) is 0 Å². The Morgan fingerprint density at radius 2 is 2.10 bits per heavy atom. The van der Waals surface area contributed by atoms with Crippen LogP contribution in [0.15, 0.2) is 61.1 Å². The molecule has 2 N–H and O–H groups in total. The van der Waals surface area contributed by atoms with Gasteiger partial charge in [0.1, 0.15) is 11.5 Å². The molecule has 1 fully saturated rings. The first kappa shape index (κ1) is 19.2. The Balaban J connectivity index is 1.36. The quantitative estimate of drug-likeness (QED) is 0.520. The van der Waals surface area contributed by atoms with Crippen LogP contribution in [0.1, 0.15) is 23.8 Å². The summed E-state index contributed by atoms with van der Waals surface area (Å²) in [6, 6.07) is 13.2. The van der Waals surface area contributed by atoms with Crippen LogP contribution >= 0.6 is 0 Å². The molecule has 5 rings (SSSR count). The molecule has 8 heteroatoms. The zero-order valence-corrected chi connectivity index (χ0v) is 17.0. The van der Waals surface area contributed by atoms with E-state index in [0.29, 0.717) is 36.7 Å². The van der Waals surface area contributed by atoms with Crippen molar-refractivity contribution in [1.29, 1.82) is 0 Å². The third-order valence-corrected chi connectivity index (χ3v) is 5.53. The summed E-state index contributed by atoms with van der Waals surface area (Å²) in [7, 11) is 0. The van der Waals surface area contributed by atoms with Crippen molar-refractivity contribution in [2.75, 3.05) is 23.3 Å². The zero-order valence-electron chi connectivity index (χ0n) is 17.0. The lowest BCUT2D eigenvalue weighted by atomic mass is 10.0. The van der Waals surface area contributed by atoms with Crippen molar-refractivity contribution >= 4 is 28.3 Å². The maximum Gasteiger partial charge on any atom is 0.276 e. The van der Waals surface area contributed by atoms with Gasteiger partial charge in [-0.05, 0) is 42.8 Å². The summed E-state index contributed by atoms with van der Waals surface area (Å²) in [6.07, 6.45) is 5.57. The van der Waals surface area contributed by atoms with E-state index in [-0.39, 0.29) is 5.91 Å². The van der Waals surface area contributed by atoms with E-state index in [9.17, 15) is 9.18 Å². The van der Waals surface area contributed by atoms with E-state index >= 15 is 0 Å². The number of carbonyl (C=O) groups is 1. The lowest BCUT2D eigenvalue weighted by Gasteiger charge is -2.18. The number of benzene rings is 1. The van der Waals surface area contributed by atoms with Crippen molar-refractivity contribution in [3.05, 3.63) is 66.7 Å². The number of hydrogen-bond donors (Lipinski definition) is 2. The summed E-state index contributed by atoms with van der Waals surface area (Å²) < 4.78 is 14.1. The number of halogens is 1. The summed E-state index contributed by atoms with van der Waals surface area (Å²) in [5, 5.41) is 10.7. The Kier molecular flexibility index (Phi) is 4.62. The molecule has 156 valence electrons. The number of carbonyl (C=O) groups excluding carboxylic acids is 1. The molecule has 0 spiro atoms. The smallest absolute Gasteiger partial charge is 0.276 e. The fourth-order valence-electron chi connectivity index (χ4n) is 3.86. The molecule has 31 heavy (non-hydrogen) atoms. The minimum absolute atomic E-state index is 0.303. The highest BCUT2D eigenvalue weighted by atomic mass is 19.1. The topological polar surface area (TPSA) is 86.8 Å². The van der Waals surface area contributed by atoms with Gasteiger partial charge in [-0.25, -0.2) is 9.37 Å². The number of hydrogen-bond acceptors (Lipinski definition) is 5. The molecule has 1 unspecified atom stereocenters. The van der Waals surface area contributed by atoms with Crippen LogP contribution < -0.4 is 10.2 Å². The van der Waals surface area contributed by atoms with Gasteiger partial charge >= 0.3 is 0 Å². The van der Waals surface area contributed by atoms with Gasteiger partial charge in [0, 0.05) is 36.3 Å². The average Bonchev–Trinajstić information content (AvgIpc) is 3.37. The van der Waals surface area contributed by atoms with E-state index in [1.807, 2.05) is 35.2 Å². The maximum absolute atomic E-state index is 14.1. The molecule has 1 aromatic carbocycles. The van der Waals surface area contributed by atoms with Crippen LogP contribution in [0.4, 0.5) is 15.9 Å². The van der Waals surface area contributed by atoms with Gasteiger partial charge < -0.3 is 10.2 Å². The van der Waals surface area contributed by atoms with Gasteiger partial charge in [0.05, 0.1) is 23.9 Å². The van der Waals surface area contributed by atoms with Crippen molar-refractivity contribution in [1.82, 2.24) is 20.2 Å². The van der Waals surface area contributed by atoms with Crippen molar-refractivity contribution < 1.29 is 9.18 Å². The molecule has 3 aromatic heterocycles. The standard InChI is InChI=1S/C23H21FN6O/c1-23(24)8-10-30(14-23)20-7-5-17(13-26-20)27-22(31)21-18-11-15(4-6-19(18)28-29-21)16-3-2-9-25-12-16/h2-7,9,11-13H,8,10,14H2,1H3,(H,27,31)(H,28,29). The highest BCUT2D eigenvalue weighted by molar-refractivity contribution is 6.11. The van der Waals surface area contributed by atoms with E-state index in [1.54, 1.807) is 37.6 Å². The molecule has 1 aliphatic rings. The Hall–Kier alpha value is -3.81. The van der Waals surface area contributed by atoms with Crippen molar-refractivity contribution in [2.45, 2.75) is 19.0 Å². The fourth-order valence-corrected chi connectivity index (χ4v) is 3.86. The van der Waals surface area contributed by atoms with Crippen LogP contribution in [0.3, 0.4) is 0 Å². The lowest BCUT2D eigenvalue weighted by molar-refractivity contribution is 0.102. The second-order valence-corrected chi connectivity index (χ2v) is 8.02. The number of aromatic nitrogens is 4. The number of fused-ring (bicyclic) bond motifs is 1. The van der Waals surface area contributed by atoms with Crippen LogP contribution in [0, 0.1) is 0 Å². The monoisotopic (exact) mass is 416 g/mol. The SMILES string of the molecule is CC1(F)CCN(c2ccc(NC(=O)c3n[nH]c4ccc(-c5cccnc5)cc34)cn2)C1. The van der Waals surface area contributed by atoms with Crippen LogP contribution in [0.2, 0.25) is 0 Å². The Labute approximate surface area is 178 Å². The Morgan fingerprint density at radius 1 is 1.19 bits per heavy atom. The van der Waals surface area contributed by atoms with Gasteiger partial charge in [0.15, 0.2) is 5.69 Å². The van der Waals surface area contributed by atoms with Crippen LogP contribution in [-0.4, -0.2) is 44.8 Å². The van der Waals surface area contributed by atoms with Crippen LogP contribution in [0.5, 0.6) is 0 Å². The zero-order chi connectivity index (χ0) is 21.4. The van der Waals surface area contributed by atoms with Gasteiger partial charge in [-0.3, -0.25) is 14.9 Å². The molecule has 4 aromatic rings. The fraction of sp³-hybridized carbons (Fsp3) is 0.217. The highest BCUT2D eigenvalue weighted by Crippen LogP contribution is 2.29. The van der Waals surface area contributed by atoms with E-state index in [4.69, 9.17) is 0 Å². The number of H-pyrrole nitrogens is 1. The normalized spacial score (nSPS) is 18.5.